The second-order valence-electron chi connectivity index (χ2n) is 6.72. The van der Waals surface area contributed by atoms with E-state index < -0.39 is 0 Å². The summed E-state index contributed by atoms with van der Waals surface area (Å²) in [5.74, 6) is 1.49. The maximum atomic E-state index is 12.9. The first kappa shape index (κ1) is 16.2. The lowest BCUT2D eigenvalue weighted by atomic mass is 10.2. The van der Waals surface area contributed by atoms with Gasteiger partial charge in [-0.2, -0.15) is 5.10 Å². The van der Waals surface area contributed by atoms with Crippen molar-refractivity contribution in [2.24, 2.45) is 0 Å². The van der Waals surface area contributed by atoms with E-state index in [1.165, 1.54) is 0 Å². The van der Waals surface area contributed by atoms with Crippen molar-refractivity contribution in [3.8, 4) is 11.4 Å². The molecule has 1 N–H and O–H groups in total. The molecular weight excluding hydrogens is 318 g/mol. The molecule has 7 nitrogen and oxygen atoms in total. The molecule has 7 heteroatoms. The number of carbonyl (C=O) groups is 1. The van der Waals surface area contributed by atoms with Crippen molar-refractivity contribution in [1.82, 2.24) is 25.0 Å². The number of ether oxygens (including phenoxy) is 1. The van der Waals surface area contributed by atoms with Crippen molar-refractivity contribution in [3.05, 3.63) is 36.2 Å². The molecule has 0 aliphatic carbocycles. The van der Waals surface area contributed by atoms with Crippen LogP contribution in [0.15, 0.2) is 30.3 Å². The van der Waals surface area contributed by atoms with Crippen LogP contribution in [0.4, 0.5) is 0 Å². The van der Waals surface area contributed by atoms with Crippen LogP contribution in [0, 0.1) is 0 Å². The number of nitrogens with one attached hydrogen (secondary N) is 1. The third-order valence-electron chi connectivity index (χ3n) is 4.93. The lowest BCUT2D eigenvalue weighted by Gasteiger charge is -2.33. The minimum atomic E-state index is -0.379. The standard InChI is InChI=1S/C18H23N5O2/c1-22-10-11-25-15(12-22)18(24)23-9-5-8-14(23)17-19-16(20-21-17)13-6-3-2-4-7-13/h2-4,6-7,14-15H,5,8-12H2,1H3,(H,19,20,21)/t14-,15-/m1/s1. The van der Waals surface area contributed by atoms with Crippen molar-refractivity contribution in [2.45, 2.75) is 25.0 Å². The summed E-state index contributed by atoms with van der Waals surface area (Å²) in [4.78, 5) is 21.6. The Balaban J connectivity index is 1.52. The molecule has 2 saturated heterocycles. The predicted octanol–water partition coefficient (Wildman–Crippen LogP) is 1.47. The molecule has 2 atom stereocenters. The van der Waals surface area contributed by atoms with Gasteiger partial charge in [0, 0.05) is 25.2 Å². The molecule has 0 bridgehead atoms. The van der Waals surface area contributed by atoms with Crippen molar-refractivity contribution < 1.29 is 9.53 Å². The van der Waals surface area contributed by atoms with Gasteiger partial charge in [0.1, 0.15) is 11.9 Å². The number of amides is 1. The number of aromatic nitrogens is 3. The summed E-state index contributed by atoms with van der Waals surface area (Å²) in [6.07, 6.45) is 1.49. The maximum absolute atomic E-state index is 12.9. The first-order valence-corrected chi connectivity index (χ1v) is 8.81. The summed E-state index contributed by atoms with van der Waals surface area (Å²) in [7, 11) is 2.02. The number of morpholine rings is 1. The summed E-state index contributed by atoms with van der Waals surface area (Å²) in [5.41, 5.74) is 0.970. The van der Waals surface area contributed by atoms with Gasteiger partial charge in [0.15, 0.2) is 5.82 Å². The van der Waals surface area contributed by atoms with Crippen LogP contribution in [0.25, 0.3) is 11.4 Å². The highest BCUT2D eigenvalue weighted by atomic mass is 16.5. The quantitative estimate of drug-likeness (QED) is 0.915. The molecule has 0 saturated carbocycles. The number of hydrogen-bond acceptors (Lipinski definition) is 5. The molecule has 2 fully saturated rings. The number of likely N-dealkylation sites (tertiary alicyclic amines) is 1. The van der Waals surface area contributed by atoms with Crippen molar-refractivity contribution in [1.29, 1.82) is 0 Å². The van der Waals surface area contributed by atoms with E-state index in [9.17, 15) is 4.79 Å². The van der Waals surface area contributed by atoms with Crippen LogP contribution in [0.1, 0.15) is 24.7 Å². The zero-order valence-electron chi connectivity index (χ0n) is 14.4. The second-order valence-corrected chi connectivity index (χ2v) is 6.72. The number of benzene rings is 1. The van der Waals surface area contributed by atoms with Crippen LogP contribution < -0.4 is 0 Å². The molecule has 132 valence electrons. The van der Waals surface area contributed by atoms with Crippen LogP contribution in [0.5, 0.6) is 0 Å². The molecule has 2 aliphatic rings. The normalized spacial score (nSPS) is 24.6. The van der Waals surface area contributed by atoms with E-state index in [-0.39, 0.29) is 18.1 Å². The van der Waals surface area contributed by atoms with E-state index >= 15 is 0 Å². The largest absolute Gasteiger partial charge is 0.366 e. The highest BCUT2D eigenvalue weighted by molar-refractivity contribution is 5.82. The summed E-state index contributed by atoms with van der Waals surface area (Å²) in [6.45, 7) is 2.86. The molecule has 1 aromatic heterocycles. The lowest BCUT2D eigenvalue weighted by molar-refractivity contribution is -0.149. The summed E-state index contributed by atoms with van der Waals surface area (Å²) in [5, 5.41) is 7.37. The van der Waals surface area contributed by atoms with Gasteiger partial charge in [-0.3, -0.25) is 9.89 Å². The smallest absolute Gasteiger partial charge is 0.253 e. The van der Waals surface area contributed by atoms with Crippen molar-refractivity contribution in [3.63, 3.8) is 0 Å². The molecule has 0 radical (unpaired) electrons. The van der Waals surface area contributed by atoms with Gasteiger partial charge in [-0.1, -0.05) is 30.3 Å². The highest BCUT2D eigenvalue weighted by Gasteiger charge is 2.37. The number of hydrogen-bond donors (Lipinski definition) is 1. The monoisotopic (exact) mass is 341 g/mol. The van der Waals surface area contributed by atoms with Crippen molar-refractivity contribution in [2.75, 3.05) is 33.3 Å². The van der Waals surface area contributed by atoms with Gasteiger partial charge in [-0.05, 0) is 19.9 Å². The number of H-pyrrole nitrogens is 1. The van der Waals surface area contributed by atoms with Gasteiger partial charge in [0.05, 0.1) is 12.6 Å². The van der Waals surface area contributed by atoms with Crippen LogP contribution in [-0.2, 0) is 9.53 Å². The second kappa shape index (κ2) is 6.93. The molecule has 0 spiro atoms. The molecule has 2 aliphatic heterocycles. The Kier molecular flexibility index (Phi) is 4.50. The molecule has 3 heterocycles. The molecule has 4 rings (SSSR count). The number of nitrogens with zero attached hydrogens (tertiary/aromatic N) is 4. The maximum Gasteiger partial charge on any atom is 0.253 e. The fraction of sp³-hybridized carbons (Fsp3) is 0.500. The van der Waals surface area contributed by atoms with Gasteiger partial charge in [0.2, 0.25) is 0 Å². The number of carbonyl (C=O) groups excluding carboxylic acids is 1. The average molecular weight is 341 g/mol. The Morgan fingerprint density at radius 2 is 2.12 bits per heavy atom. The van der Waals surface area contributed by atoms with E-state index in [1.54, 1.807) is 0 Å². The highest BCUT2D eigenvalue weighted by Crippen LogP contribution is 2.31. The average Bonchev–Trinajstić information content (AvgIpc) is 3.31. The van der Waals surface area contributed by atoms with Gasteiger partial charge in [0.25, 0.3) is 5.91 Å². The minimum Gasteiger partial charge on any atom is -0.366 e. The Bertz CT molecular complexity index is 732. The van der Waals surface area contributed by atoms with E-state index in [0.717, 1.165) is 37.3 Å². The van der Waals surface area contributed by atoms with Gasteiger partial charge in [-0.15, -0.1) is 0 Å². The molecule has 0 unspecified atom stereocenters. The predicted molar refractivity (Wildman–Crippen MR) is 92.7 cm³/mol. The lowest BCUT2D eigenvalue weighted by Crippen LogP contribution is -2.49. The molecular formula is C18H23N5O2. The molecule has 2 aromatic rings. The number of aromatic amines is 1. The summed E-state index contributed by atoms with van der Waals surface area (Å²) in [6, 6.07) is 9.82. The first-order chi connectivity index (χ1) is 12.2. The van der Waals surface area contributed by atoms with E-state index in [1.807, 2.05) is 42.3 Å². The fourth-order valence-corrected chi connectivity index (χ4v) is 3.57. The van der Waals surface area contributed by atoms with Crippen LogP contribution >= 0.6 is 0 Å². The van der Waals surface area contributed by atoms with Crippen LogP contribution in [-0.4, -0.2) is 70.3 Å². The fourth-order valence-electron chi connectivity index (χ4n) is 3.57. The van der Waals surface area contributed by atoms with Gasteiger partial charge < -0.3 is 14.5 Å². The van der Waals surface area contributed by atoms with Crippen molar-refractivity contribution >= 4 is 5.91 Å². The minimum absolute atomic E-state index is 0.0479. The zero-order valence-corrected chi connectivity index (χ0v) is 14.4. The van der Waals surface area contributed by atoms with Crippen LogP contribution in [0.2, 0.25) is 0 Å². The summed E-state index contributed by atoms with van der Waals surface area (Å²) < 4.78 is 5.70. The van der Waals surface area contributed by atoms with E-state index in [4.69, 9.17) is 4.74 Å². The van der Waals surface area contributed by atoms with Gasteiger partial charge >= 0.3 is 0 Å². The molecule has 25 heavy (non-hydrogen) atoms. The molecule has 1 amide bonds. The third kappa shape index (κ3) is 3.29. The number of rotatable bonds is 3. The Hall–Kier alpha value is -2.25. The zero-order chi connectivity index (χ0) is 17.2. The van der Waals surface area contributed by atoms with Gasteiger partial charge in [-0.25, -0.2) is 4.98 Å². The Morgan fingerprint density at radius 1 is 1.28 bits per heavy atom. The van der Waals surface area contributed by atoms with E-state index in [2.05, 4.69) is 20.1 Å². The summed E-state index contributed by atoms with van der Waals surface area (Å²) >= 11 is 0. The topological polar surface area (TPSA) is 74.3 Å². The van der Waals surface area contributed by atoms with Crippen LogP contribution in [0.3, 0.4) is 0 Å². The third-order valence-corrected chi connectivity index (χ3v) is 4.93. The number of likely N-dealkylation sites (N-methyl/N-ethyl adjacent to an activating group) is 1. The Labute approximate surface area is 147 Å². The van der Waals surface area contributed by atoms with E-state index in [0.29, 0.717) is 19.0 Å². The Morgan fingerprint density at radius 3 is 2.92 bits per heavy atom. The first-order valence-electron chi connectivity index (χ1n) is 8.81. The molecule has 1 aromatic carbocycles. The SMILES string of the molecule is CN1CCO[C@@H](C(=O)N2CCC[C@@H]2c2nc(-c3ccccc3)n[nH]2)C1.